The van der Waals surface area contributed by atoms with E-state index in [0.29, 0.717) is 22.3 Å². The zero-order valence-electron chi connectivity index (χ0n) is 24.3. The summed E-state index contributed by atoms with van der Waals surface area (Å²) in [5.74, 6) is 5.58. The molecule has 4 nitrogen and oxygen atoms in total. The van der Waals surface area contributed by atoms with Crippen molar-refractivity contribution < 1.29 is 10.2 Å². The number of aromatic hydroxyl groups is 2. The predicted octanol–water partition coefficient (Wildman–Crippen LogP) is 7.92. The molecule has 6 aromatic carbocycles. The van der Waals surface area contributed by atoms with E-state index < -0.39 is 5.41 Å². The third-order valence-corrected chi connectivity index (χ3v) is 8.79. The molecule has 4 heteroatoms. The Morgan fingerprint density at radius 2 is 0.889 bits per heavy atom. The summed E-state index contributed by atoms with van der Waals surface area (Å²) in [6.07, 6.45) is 11.9. The summed E-state index contributed by atoms with van der Waals surface area (Å²) in [5.41, 5.74) is 22.1. The fraction of sp³-hybridized carbons (Fsp3) is 0.0244. The fourth-order valence-corrected chi connectivity index (χ4v) is 6.71. The van der Waals surface area contributed by atoms with Crippen LogP contribution >= 0.6 is 0 Å². The summed E-state index contributed by atoms with van der Waals surface area (Å²) in [4.78, 5) is 0. The third-order valence-electron chi connectivity index (χ3n) is 8.79. The number of nitrogen functional groups attached to an aromatic ring is 2. The van der Waals surface area contributed by atoms with E-state index in [2.05, 4.69) is 11.8 Å². The van der Waals surface area contributed by atoms with Crippen molar-refractivity contribution in [3.8, 4) is 69.6 Å². The number of terminal acetylenes is 2. The molecule has 0 bridgehead atoms. The van der Waals surface area contributed by atoms with E-state index in [4.69, 9.17) is 24.3 Å². The van der Waals surface area contributed by atoms with Crippen LogP contribution < -0.4 is 11.5 Å². The first kappa shape index (κ1) is 27.5. The minimum atomic E-state index is -1.04. The normalized spacial score (nSPS) is 12.5. The Morgan fingerprint density at radius 3 is 1.27 bits per heavy atom. The van der Waals surface area contributed by atoms with E-state index in [1.54, 1.807) is 12.1 Å². The van der Waals surface area contributed by atoms with Crippen molar-refractivity contribution in [2.75, 3.05) is 11.5 Å². The molecule has 0 aromatic heterocycles. The summed E-state index contributed by atoms with van der Waals surface area (Å²) in [6, 6.07) is 38.7. The van der Waals surface area contributed by atoms with E-state index in [-0.39, 0.29) is 22.9 Å². The van der Waals surface area contributed by atoms with Crippen LogP contribution in [0.15, 0.2) is 121 Å². The molecule has 45 heavy (non-hydrogen) atoms. The SMILES string of the molecule is C#Cc1ccc2c(c1)C(c1cc(N)c(O)c(-c3ccccc3)c1)(c1cc(N)c(O)c(-c3ccccc3)c1)c1cc(C#C)ccc1-2. The lowest BCUT2D eigenvalue weighted by Gasteiger charge is -2.35. The van der Waals surface area contributed by atoms with Crippen LogP contribution in [-0.2, 0) is 5.41 Å². The molecule has 0 heterocycles. The van der Waals surface area contributed by atoms with Gasteiger partial charge in [-0.15, -0.1) is 12.8 Å². The van der Waals surface area contributed by atoms with Gasteiger partial charge in [0.1, 0.15) is 11.5 Å². The number of fused-ring (bicyclic) bond motifs is 3. The van der Waals surface area contributed by atoms with Crippen LogP contribution in [0.3, 0.4) is 0 Å². The Hall–Kier alpha value is -6.36. The third kappa shape index (κ3) is 4.13. The van der Waals surface area contributed by atoms with Crippen LogP contribution in [0.1, 0.15) is 33.4 Å². The summed E-state index contributed by atoms with van der Waals surface area (Å²) in [7, 11) is 0. The van der Waals surface area contributed by atoms with Gasteiger partial charge < -0.3 is 21.7 Å². The molecule has 0 saturated heterocycles. The van der Waals surface area contributed by atoms with Gasteiger partial charge in [0.15, 0.2) is 0 Å². The Kier molecular flexibility index (Phi) is 6.36. The highest BCUT2D eigenvalue weighted by Gasteiger charge is 2.47. The van der Waals surface area contributed by atoms with Crippen molar-refractivity contribution in [1.29, 1.82) is 0 Å². The molecule has 7 rings (SSSR count). The Labute approximate surface area is 262 Å². The molecule has 0 saturated carbocycles. The average Bonchev–Trinajstić information content (AvgIpc) is 3.37. The first-order valence-electron chi connectivity index (χ1n) is 14.5. The van der Waals surface area contributed by atoms with E-state index >= 15 is 0 Å². The van der Waals surface area contributed by atoms with Crippen LogP contribution in [0, 0.1) is 24.7 Å². The molecule has 0 unspecified atom stereocenters. The molecule has 0 radical (unpaired) electrons. The number of benzene rings is 6. The lowest BCUT2D eigenvalue weighted by molar-refractivity contribution is 0.479. The minimum Gasteiger partial charge on any atom is -0.505 e. The molecule has 6 N–H and O–H groups in total. The summed E-state index contributed by atoms with van der Waals surface area (Å²) in [6.45, 7) is 0. The van der Waals surface area contributed by atoms with Gasteiger partial charge in [0.05, 0.1) is 16.8 Å². The van der Waals surface area contributed by atoms with Crippen LogP contribution in [-0.4, -0.2) is 10.2 Å². The number of anilines is 2. The summed E-state index contributed by atoms with van der Waals surface area (Å²) >= 11 is 0. The van der Waals surface area contributed by atoms with Crippen molar-refractivity contribution in [2.24, 2.45) is 0 Å². The second kappa shape index (κ2) is 10.4. The molecule has 0 spiro atoms. The van der Waals surface area contributed by atoms with Crippen molar-refractivity contribution in [2.45, 2.75) is 5.41 Å². The lowest BCUT2D eigenvalue weighted by Crippen LogP contribution is -2.29. The lowest BCUT2D eigenvalue weighted by atomic mass is 9.66. The molecule has 1 aliphatic rings. The van der Waals surface area contributed by atoms with Crippen LogP contribution in [0.5, 0.6) is 11.5 Å². The van der Waals surface area contributed by atoms with Crippen molar-refractivity contribution >= 4 is 11.4 Å². The van der Waals surface area contributed by atoms with Crippen molar-refractivity contribution in [3.05, 3.63) is 155 Å². The molecule has 6 aromatic rings. The molecular formula is C41H28N2O2. The molecule has 0 aliphatic heterocycles. The Bertz CT molecular complexity index is 2060. The van der Waals surface area contributed by atoms with Gasteiger partial charge in [0.2, 0.25) is 0 Å². The van der Waals surface area contributed by atoms with Gasteiger partial charge in [-0.2, -0.15) is 0 Å². The molecule has 0 amide bonds. The largest absolute Gasteiger partial charge is 0.505 e. The highest BCUT2D eigenvalue weighted by atomic mass is 16.3. The maximum atomic E-state index is 11.3. The second-order valence-electron chi connectivity index (χ2n) is 11.2. The summed E-state index contributed by atoms with van der Waals surface area (Å²) in [5, 5.41) is 22.5. The first-order chi connectivity index (χ1) is 21.9. The first-order valence-corrected chi connectivity index (χ1v) is 14.5. The highest BCUT2D eigenvalue weighted by molar-refractivity contribution is 5.91. The average molecular weight is 581 g/mol. The maximum Gasteiger partial charge on any atom is 0.146 e. The van der Waals surface area contributed by atoms with Gasteiger partial charge in [0.25, 0.3) is 0 Å². The van der Waals surface area contributed by atoms with Gasteiger partial charge in [-0.25, -0.2) is 0 Å². The Morgan fingerprint density at radius 1 is 0.489 bits per heavy atom. The minimum absolute atomic E-state index is 0.0107. The fourth-order valence-electron chi connectivity index (χ4n) is 6.71. The van der Waals surface area contributed by atoms with E-state index in [1.165, 1.54) is 0 Å². The van der Waals surface area contributed by atoms with Crippen LogP contribution in [0.2, 0.25) is 0 Å². The van der Waals surface area contributed by atoms with Crippen LogP contribution in [0.25, 0.3) is 33.4 Å². The Balaban J connectivity index is 1.68. The number of hydrogen-bond acceptors (Lipinski definition) is 4. The van der Waals surface area contributed by atoms with E-state index in [0.717, 1.165) is 44.5 Å². The van der Waals surface area contributed by atoms with Gasteiger partial charge in [-0.05, 0) is 93.0 Å². The van der Waals surface area contributed by atoms with Crippen molar-refractivity contribution in [3.63, 3.8) is 0 Å². The monoisotopic (exact) mass is 580 g/mol. The number of phenols is 2. The van der Waals surface area contributed by atoms with Gasteiger partial charge in [-0.1, -0.05) is 84.6 Å². The van der Waals surface area contributed by atoms with Gasteiger partial charge in [0, 0.05) is 22.3 Å². The molecule has 214 valence electrons. The van der Waals surface area contributed by atoms with E-state index in [1.807, 2.05) is 109 Å². The molecule has 0 fully saturated rings. The number of hydrogen-bond donors (Lipinski definition) is 4. The highest BCUT2D eigenvalue weighted by Crippen LogP contribution is 2.59. The van der Waals surface area contributed by atoms with Gasteiger partial charge in [-0.3, -0.25) is 0 Å². The predicted molar refractivity (Wildman–Crippen MR) is 183 cm³/mol. The standard InChI is InChI=1S/C41H28N2O2/c1-3-25-15-17-31-32-18-16-26(4-2)20-36(32)41(35(31)19-25,29-21-33(39(44)37(42)23-29)27-11-7-5-8-12-27)30-22-34(40(45)38(43)24-30)28-13-9-6-10-14-28/h1-2,5-24,44-45H,42-43H2. The second-order valence-corrected chi connectivity index (χ2v) is 11.2. The van der Waals surface area contributed by atoms with Crippen LogP contribution in [0.4, 0.5) is 11.4 Å². The smallest absolute Gasteiger partial charge is 0.146 e. The number of nitrogens with two attached hydrogens (primary N) is 2. The topological polar surface area (TPSA) is 92.5 Å². The quantitative estimate of drug-likeness (QED) is 0.0967. The zero-order valence-corrected chi connectivity index (χ0v) is 24.3. The molecular weight excluding hydrogens is 552 g/mol. The summed E-state index contributed by atoms with van der Waals surface area (Å²) < 4.78 is 0. The van der Waals surface area contributed by atoms with Crippen molar-refractivity contribution in [1.82, 2.24) is 0 Å². The van der Waals surface area contributed by atoms with Gasteiger partial charge >= 0.3 is 0 Å². The number of phenolic OH excluding ortho intramolecular Hbond substituents is 2. The van der Waals surface area contributed by atoms with E-state index in [9.17, 15) is 10.2 Å². The zero-order chi connectivity index (χ0) is 31.3. The molecule has 1 aliphatic carbocycles. The molecule has 0 atom stereocenters. The maximum absolute atomic E-state index is 11.3. The number of rotatable bonds is 4.